The highest BCUT2D eigenvalue weighted by atomic mass is 32.2. The molecule has 68 valence electrons. The van der Waals surface area contributed by atoms with E-state index < -0.39 is 0 Å². The Bertz CT molecular complexity index is 189. The molecule has 3 nitrogen and oxygen atoms in total. The van der Waals surface area contributed by atoms with E-state index >= 15 is 0 Å². The van der Waals surface area contributed by atoms with E-state index in [4.69, 9.17) is 4.42 Å². The van der Waals surface area contributed by atoms with Gasteiger partial charge in [-0.2, -0.15) is 11.8 Å². The van der Waals surface area contributed by atoms with Gasteiger partial charge in [-0.05, 0) is 25.0 Å². The molecule has 0 aliphatic rings. The van der Waals surface area contributed by atoms with Crippen molar-refractivity contribution < 1.29 is 4.42 Å². The maximum atomic E-state index is 5.06. The van der Waals surface area contributed by atoms with E-state index in [-0.39, 0.29) is 0 Å². The fourth-order valence-electron chi connectivity index (χ4n) is 0.883. The van der Waals surface area contributed by atoms with E-state index in [0.717, 1.165) is 18.8 Å². The molecule has 1 aromatic rings. The summed E-state index contributed by atoms with van der Waals surface area (Å²) in [5, 5.41) is 3.28. The van der Waals surface area contributed by atoms with Crippen molar-refractivity contribution in [2.45, 2.75) is 13.0 Å². The third-order valence-corrected chi connectivity index (χ3v) is 2.18. The number of thioether (sulfide) groups is 1. The summed E-state index contributed by atoms with van der Waals surface area (Å²) in [4.78, 5) is 3.83. The molecule has 4 heteroatoms. The second kappa shape index (κ2) is 6.08. The maximum Gasteiger partial charge on any atom is 0.180 e. The molecule has 0 amide bonds. The highest BCUT2D eigenvalue weighted by Gasteiger charge is 1.93. The smallest absolute Gasteiger partial charge is 0.180 e. The summed E-state index contributed by atoms with van der Waals surface area (Å²) in [6, 6.07) is 0. The van der Waals surface area contributed by atoms with Crippen LogP contribution >= 0.6 is 11.8 Å². The lowest BCUT2D eigenvalue weighted by atomic mass is 10.4. The summed E-state index contributed by atoms with van der Waals surface area (Å²) >= 11 is 1.87. The zero-order valence-corrected chi connectivity index (χ0v) is 8.06. The lowest BCUT2D eigenvalue weighted by Crippen LogP contribution is -2.14. The molecule has 0 aromatic carbocycles. The topological polar surface area (TPSA) is 38.1 Å². The predicted molar refractivity (Wildman–Crippen MR) is 51.2 cm³/mol. The Morgan fingerprint density at radius 1 is 1.67 bits per heavy atom. The summed E-state index contributed by atoms with van der Waals surface area (Å²) in [5.41, 5.74) is 0. The van der Waals surface area contributed by atoms with Gasteiger partial charge < -0.3 is 9.73 Å². The van der Waals surface area contributed by atoms with Gasteiger partial charge in [-0.3, -0.25) is 0 Å². The summed E-state index contributed by atoms with van der Waals surface area (Å²) in [6.07, 6.45) is 6.52. The largest absolute Gasteiger partial charge is 0.447 e. The van der Waals surface area contributed by atoms with Gasteiger partial charge in [-0.15, -0.1) is 0 Å². The Morgan fingerprint density at radius 3 is 3.25 bits per heavy atom. The molecule has 1 N–H and O–H groups in total. The second-order valence-electron chi connectivity index (χ2n) is 2.49. The van der Waals surface area contributed by atoms with Gasteiger partial charge in [-0.25, -0.2) is 4.98 Å². The number of hydrogen-bond donors (Lipinski definition) is 1. The lowest BCUT2D eigenvalue weighted by molar-refractivity contribution is 0.479. The first kappa shape index (κ1) is 9.61. The molecule has 0 aliphatic heterocycles. The van der Waals surface area contributed by atoms with Crippen LogP contribution in [0, 0.1) is 0 Å². The zero-order chi connectivity index (χ0) is 8.65. The van der Waals surface area contributed by atoms with Crippen LogP contribution in [-0.2, 0) is 6.54 Å². The standard InChI is InChI=1S/C8H14N2OS/c1-12-4-2-3-9-5-8-6-10-7-11-8/h6-7,9H,2-5H2,1H3. The highest BCUT2D eigenvalue weighted by Crippen LogP contribution is 1.96. The molecule has 12 heavy (non-hydrogen) atoms. The SMILES string of the molecule is CSCCCNCc1cnco1. The van der Waals surface area contributed by atoms with E-state index in [0.29, 0.717) is 0 Å². The number of hydrogen-bond acceptors (Lipinski definition) is 4. The van der Waals surface area contributed by atoms with E-state index in [1.54, 1.807) is 6.20 Å². The third kappa shape index (κ3) is 3.78. The van der Waals surface area contributed by atoms with Gasteiger partial charge in [0.15, 0.2) is 6.39 Å². The van der Waals surface area contributed by atoms with E-state index in [1.807, 2.05) is 11.8 Å². The van der Waals surface area contributed by atoms with E-state index in [1.165, 1.54) is 18.6 Å². The molecule has 0 aliphatic carbocycles. The summed E-state index contributed by atoms with van der Waals surface area (Å²) in [5.74, 6) is 2.11. The van der Waals surface area contributed by atoms with Crippen LogP contribution < -0.4 is 5.32 Å². The molecule has 0 saturated carbocycles. The molecular formula is C8H14N2OS. The molecule has 0 saturated heterocycles. The van der Waals surface area contributed by atoms with Crippen LogP contribution in [0.3, 0.4) is 0 Å². The average Bonchev–Trinajstić information content (AvgIpc) is 2.57. The summed E-state index contributed by atoms with van der Waals surface area (Å²) in [7, 11) is 0. The fraction of sp³-hybridized carbons (Fsp3) is 0.625. The number of nitrogens with one attached hydrogen (secondary N) is 1. The quantitative estimate of drug-likeness (QED) is 0.683. The van der Waals surface area contributed by atoms with Crippen LogP contribution in [0.25, 0.3) is 0 Å². The molecule has 1 heterocycles. The van der Waals surface area contributed by atoms with Gasteiger partial charge >= 0.3 is 0 Å². The van der Waals surface area contributed by atoms with Crippen LogP contribution in [0.4, 0.5) is 0 Å². The van der Waals surface area contributed by atoms with Gasteiger partial charge in [-0.1, -0.05) is 0 Å². The minimum Gasteiger partial charge on any atom is -0.447 e. The molecule has 0 unspecified atom stereocenters. The Labute approximate surface area is 76.9 Å². The first-order valence-electron chi connectivity index (χ1n) is 4.00. The zero-order valence-electron chi connectivity index (χ0n) is 7.25. The van der Waals surface area contributed by atoms with Crippen molar-refractivity contribution in [1.29, 1.82) is 0 Å². The minimum atomic E-state index is 0.786. The molecule has 0 bridgehead atoms. The normalized spacial score (nSPS) is 10.4. The monoisotopic (exact) mass is 186 g/mol. The molecule has 0 spiro atoms. The van der Waals surface area contributed by atoms with Gasteiger partial charge in [0.1, 0.15) is 5.76 Å². The highest BCUT2D eigenvalue weighted by molar-refractivity contribution is 7.98. The number of rotatable bonds is 6. The van der Waals surface area contributed by atoms with Crippen molar-refractivity contribution in [3.63, 3.8) is 0 Å². The van der Waals surface area contributed by atoms with Crippen LogP contribution in [0.15, 0.2) is 17.0 Å². The molecule has 0 atom stereocenters. The van der Waals surface area contributed by atoms with Crippen molar-refractivity contribution in [1.82, 2.24) is 10.3 Å². The number of nitrogens with zero attached hydrogens (tertiary/aromatic N) is 1. The Morgan fingerprint density at radius 2 is 2.58 bits per heavy atom. The van der Waals surface area contributed by atoms with Gasteiger partial charge in [0.2, 0.25) is 0 Å². The lowest BCUT2D eigenvalue weighted by Gasteiger charge is -1.99. The molecule has 0 fully saturated rings. The summed E-state index contributed by atoms with van der Waals surface area (Å²) < 4.78 is 5.06. The van der Waals surface area contributed by atoms with Crippen molar-refractivity contribution in [3.05, 3.63) is 18.4 Å². The number of oxazole rings is 1. The van der Waals surface area contributed by atoms with Crippen LogP contribution in [-0.4, -0.2) is 23.5 Å². The second-order valence-corrected chi connectivity index (χ2v) is 3.48. The van der Waals surface area contributed by atoms with Crippen molar-refractivity contribution in [2.75, 3.05) is 18.6 Å². The van der Waals surface area contributed by atoms with E-state index in [2.05, 4.69) is 16.6 Å². The van der Waals surface area contributed by atoms with Gasteiger partial charge in [0.05, 0.1) is 12.7 Å². The molecule has 1 rings (SSSR count). The first-order valence-corrected chi connectivity index (χ1v) is 5.40. The Balaban J connectivity index is 1.96. The summed E-state index contributed by atoms with van der Waals surface area (Å²) in [6.45, 7) is 1.83. The molecule has 0 radical (unpaired) electrons. The minimum absolute atomic E-state index is 0.786. The van der Waals surface area contributed by atoms with Gasteiger partial charge in [0.25, 0.3) is 0 Å². The van der Waals surface area contributed by atoms with Crippen molar-refractivity contribution in [2.24, 2.45) is 0 Å². The van der Waals surface area contributed by atoms with Crippen LogP contribution in [0.2, 0.25) is 0 Å². The van der Waals surface area contributed by atoms with Crippen LogP contribution in [0.5, 0.6) is 0 Å². The Kier molecular flexibility index (Phi) is 4.87. The van der Waals surface area contributed by atoms with Crippen molar-refractivity contribution in [3.8, 4) is 0 Å². The third-order valence-electron chi connectivity index (χ3n) is 1.48. The predicted octanol–water partition coefficient (Wildman–Crippen LogP) is 1.52. The maximum absolute atomic E-state index is 5.06. The van der Waals surface area contributed by atoms with E-state index in [9.17, 15) is 0 Å². The Hall–Kier alpha value is -0.480. The average molecular weight is 186 g/mol. The number of aromatic nitrogens is 1. The van der Waals surface area contributed by atoms with Gasteiger partial charge in [0, 0.05) is 0 Å². The van der Waals surface area contributed by atoms with Crippen molar-refractivity contribution >= 4 is 11.8 Å². The fourth-order valence-corrected chi connectivity index (χ4v) is 1.32. The molecular weight excluding hydrogens is 172 g/mol. The first-order chi connectivity index (χ1) is 5.93. The van der Waals surface area contributed by atoms with Crippen LogP contribution in [0.1, 0.15) is 12.2 Å². The molecule has 1 aromatic heterocycles.